The quantitative estimate of drug-likeness (QED) is 0.850. The third-order valence-electron chi connectivity index (χ3n) is 6.33. The van der Waals surface area contributed by atoms with Crippen LogP contribution in [0.25, 0.3) is 0 Å². The van der Waals surface area contributed by atoms with Crippen LogP contribution in [0.1, 0.15) is 64.0 Å². The van der Waals surface area contributed by atoms with Gasteiger partial charge in [-0.2, -0.15) is 0 Å². The normalized spacial score (nSPS) is 30.0. The van der Waals surface area contributed by atoms with Crippen molar-refractivity contribution < 1.29 is 4.74 Å². The van der Waals surface area contributed by atoms with E-state index >= 15 is 0 Å². The van der Waals surface area contributed by atoms with E-state index in [9.17, 15) is 0 Å². The molecule has 0 unspecified atom stereocenters. The first kappa shape index (κ1) is 16.8. The summed E-state index contributed by atoms with van der Waals surface area (Å²) in [7, 11) is 1.78. The molecule has 1 saturated carbocycles. The second kappa shape index (κ2) is 6.84. The van der Waals surface area contributed by atoms with Crippen LogP contribution >= 0.6 is 0 Å². The van der Waals surface area contributed by atoms with Gasteiger partial charge in [0.25, 0.3) is 0 Å². The van der Waals surface area contributed by atoms with Crippen LogP contribution in [0.4, 0.5) is 0 Å². The fourth-order valence-electron chi connectivity index (χ4n) is 5.13. The monoisotopic (exact) mass is 315 g/mol. The summed E-state index contributed by atoms with van der Waals surface area (Å²) in [6.07, 6.45) is 8.09. The molecule has 1 fully saturated rings. The van der Waals surface area contributed by atoms with E-state index in [4.69, 9.17) is 4.74 Å². The van der Waals surface area contributed by atoms with Gasteiger partial charge in [-0.25, -0.2) is 0 Å². The molecule has 0 spiro atoms. The lowest BCUT2D eigenvalue weighted by Gasteiger charge is -2.50. The molecule has 2 aliphatic rings. The van der Waals surface area contributed by atoms with Crippen LogP contribution in [0.15, 0.2) is 18.2 Å². The van der Waals surface area contributed by atoms with Gasteiger partial charge in [-0.3, -0.25) is 0 Å². The molecule has 0 radical (unpaired) electrons. The average molecular weight is 316 g/mol. The molecule has 23 heavy (non-hydrogen) atoms. The maximum atomic E-state index is 5.51. The van der Waals surface area contributed by atoms with Gasteiger partial charge in [0.05, 0.1) is 7.11 Å². The van der Waals surface area contributed by atoms with Crippen molar-refractivity contribution >= 4 is 0 Å². The van der Waals surface area contributed by atoms with Crippen molar-refractivity contribution in [2.24, 2.45) is 11.8 Å². The van der Waals surface area contributed by atoms with Crippen LogP contribution in [0, 0.1) is 11.8 Å². The fraction of sp³-hybridized carbons (Fsp3) is 0.714. The molecule has 2 aliphatic carbocycles. The molecule has 1 N–H and O–H groups in total. The predicted molar refractivity (Wildman–Crippen MR) is 97.3 cm³/mol. The van der Waals surface area contributed by atoms with Crippen LogP contribution in [-0.4, -0.2) is 19.7 Å². The van der Waals surface area contributed by atoms with Crippen molar-refractivity contribution in [1.29, 1.82) is 0 Å². The number of hydrogen-bond acceptors (Lipinski definition) is 2. The molecule has 0 aliphatic heterocycles. The van der Waals surface area contributed by atoms with Gasteiger partial charge in [0.2, 0.25) is 0 Å². The molecule has 1 aromatic rings. The Morgan fingerprint density at radius 2 is 2.13 bits per heavy atom. The van der Waals surface area contributed by atoms with Crippen molar-refractivity contribution in [3.8, 4) is 5.75 Å². The molecule has 0 aromatic heterocycles. The Morgan fingerprint density at radius 1 is 1.30 bits per heavy atom. The minimum absolute atomic E-state index is 0.350. The highest BCUT2D eigenvalue weighted by molar-refractivity contribution is 5.43. The van der Waals surface area contributed by atoms with Gasteiger partial charge < -0.3 is 10.1 Å². The van der Waals surface area contributed by atoms with E-state index in [1.54, 1.807) is 18.2 Å². The number of benzene rings is 1. The van der Waals surface area contributed by atoms with Crippen LogP contribution < -0.4 is 10.1 Å². The summed E-state index contributed by atoms with van der Waals surface area (Å²) < 4.78 is 5.51. The highest BCUT2D eigenvalue weighted by Gasteiger charge is 2.46. The van der Waals surface area contributed by atoms with Gasteiger partial charge >= 0.3 is 0 Å². The van der Waals surface area contributed by atoms with E-state index in [1.165, 1.54) is 38.5 Å². The van der Waals surface area contributed by atoms with Crippen molar-refractivity contribution in [2.75, 3.05) is 13.7 Å². The summed E-state index contributed by atoms with van der Waals surface area (Å²) in [6, 6.07) is 7.39. The molecular formula is C21H33NO. The first-order valence-electron chi connectivity index (χ1n) is 9.45. The molecule has 0 saturated heterocycles. The van der Waals surface area contributed by atoms with E-state index in [0.717, 1.165) is 24.1 Å². The minimum atomic E-state index is 0.350. The first-order valence-corrected chi connectivity index (χ1v) is 9.45. The number of methoxy groups -OCH3 is 1. The van der Waals surface area contributed by atoms with Gasteiger partial charge in [0, 0.05) is 6.04 Å². The lowest BCUT2D eigenvalue weighted by atomic mass is 9.54. The molecule has 1 aromatic carbocycles. The molecule has 3 rings (SSSR count). The van der Waals surface area contributed by atoms with Crippen molar-refractivity contribution in [3.63, 3.8) is 0 Å². The molecule has 0 bridgehead atoms. The number of fused-ring (bicyclic) bond motifs is 3. The molecule has 3 atom stereocenters. The lowest BCUT2D eigenvalue weighted by molar-refractivity contribution is 0.111. The standard InChI is InChI=1S/C21H33NO/c1-15(2)22-12-10-17-13-16-8-9-18(23-4)14-20(16)21(3)11-6-5-7-19(17)21/h8-9,14-15,17,19,22H,5-7,10-13H2,1-4H3/t17-,19-,21-/m0/s1. The van der Waals surface area contributed by atoms with Crippen LogP contribution in [0.5, 0.6) is 5.75 Å². The van der Waals surface area contributed by atoms with E-state index < -0.39 is 0 Å². The summed E-state index contributed by atoms with van der Waals surface area (Å²) in [5.74, 6) is 2.69. The average Bonchev–Trinajstić information content (AvgIpc) is 2.54. The van der Waals surface area contributed by atoms with Gasteiger partial charge in [0.1, 0.15) is 5.75 Å². The zero-order valence-electron chi connectivity index (χ0n) is 15.3. The Hall–Kier alpha value is -1.02. The maximum absolute atomic E-state index is 5.51. The highest BCUT2D eigenvalue weighted by Crippen LogP contribution is 2.53. The molecule has 2 nitrogen and oxygen atoms in total. The second-order valence-electron chi connectivity index (χ2n) is 8.15. The van der Waals surface area contributed by atoms with Crippen molar-refractivity contribution in [1.82, 2.24) is 5.32 Å². The van der Waals surface area contributed by atoms with Crippen LogP contribution in [0.2, 0.25) is 0 Å². The Bertz CT molecular complexity index is 539. The smallest absolute Gasteiger partial charge is 0.119 e. The van der Waals surface area contributed by atoms with Gasteiger partial charge in [0.15, 0.2) is 0 Å². The summed E-state index contributed by atoms with van der Waals surface area (Å²) in [5.41, 5.74) is 3.50. The Kier molecular flexibility index (Phi) is 5.01. The van der Waals surface area contributed by atoms with Crippen LogP contribution in [-0.2, 0) is 11.8 Å². The number of nitrogens with one attached hydrogen (secondary N) is 1. The van der Waals surface area contributed by atoms with Gasteiger partial charge in [-0.15, -0.1) is 0 Å². The molecule has 0 heterocycles. The summed E-state index contributed by atoms with van der Waals surface area (Å²) in [4.78, 5) is 0. The Labute approximate surface area is 142 Å². The summed E-state index contributed by atoms with van der Waals surface area (Å²) in [5, 5.41) is 3.62. The molecule has 2 heteroatoms. The van der Waals surface area contributed by atoms with Crippen LogP contribution in [0.3, 0.4) is 0 Å². The Morgan fingerprint density at radius 3 is 2.87 bits per heavy atom. The first-order chi connectivity index (χ1) is 11.0. The third kappa shape index (κ3) is 3.28. The number of ether oxygens (including phenoxy) is 1. The van der Waals surface area contributed by atoms with E-state index in [2.05, 4.69) is 44.3 Å². The highest BCUT2D eigenvalue weighted by atomic mass is 16.5. The lowest BCUT2D eigenvalue weighted by Crippen LogP contribution is -2.45. The predicted octanol–water partition coefficient (Wildman–Crippen LogP) is 4.70. The Balaban J connectivity index is 1.88. The van der Waals surface area contributed by atoms with Gasteiger partial charge in [-0.1, -0.05) is 39.7 Å². The largest absolute Gasteiger partial charge is 0.497 e. The van der Waals surface area contributed by atoms with Crippen molar-refractivity contribution in [2.45, 2.75) is 70.8 Å². The zero-order chi connectivity index (χ0) is 16.4. The number of rotatable bonds is 5. The molecular weight excluding hydrogens is 282 g/mol. The zero-order valence-corrected chi connectivity index (χ0v) is 15.3. The summed E-state index contributed by atoms with van der Waals surface area (Å²) >= 11 is 0. The maximum Gasteiger partial charge on any atom is 0.119 e. The number of hydrogen-bond donors (Lipinski definition) is 1. The molecule has 0 amide bonds. The second-order valence-corrected chi connectivity index (χ2v) is 8.15. The minimum Gasteiger partial charge on any atom is -0.497 e. The topological polar surface area (TPSA) is 21.3 Å². The van der Waals surface area contributed by atoms with Crippen molar-refractivity contribution in [3.05, 3.63) is 29.3 Å². The van der Waals surface area contributed by atoms with E-state index in [0.29, 0.717) is 11.5 Å². The fourth-order valence-corrected chi connectivity index (χ4v) is 5.13. The summed E-state index contributed by atoms with van der Waals surface area (Å²) in [6.45, 7) is 8.16. The van der Waals surface area contributed by atoms with Gasteiger partial charge in [-0.05, 0) is 72.7 Å². The third-order valence-corrected chi connectivity index (χ3v) is 6.33. The molecule has 128 valence electrons. The van der Waals surface area contributed by atoms with E-state index in [1.807, 2.05) is 0 Å². The van der Waals surface area contributed by atoms with E-state index in [-0.39, 0.29) is 0 Å². The SMILES string of the molecule is COc1ccc2c(c1)[C@@]1(C)CCCC[C@H]1[C@@H](CCNC(C)C)C2.